The molecule has 0 amide bonds. The Morgan fingerprint density at radius 3 is 2.47 bits per heavy atom. The number of aliphatic hydroxyl groups is 1. The Morgan fingerprint density at radius 1 is 1.18 bits per heavy atom. The van der Waals surface area contributed by atoms with Crippen molar-refractivity contribution in [2.75, 3.05) is 6.54 Å². The van der Waals surface area contributed by atoms with E-state index in [-0.39, 0.29) is 6.10 Å². The quantitative estimate of drug-likeness (QED) is 0.790. The highest BCUT2D eigenvalue weighted by Gasteiger charge is 2.32. The number of hydrogen-bond donors (Lipinski definition) is 2. The van der Waals surface area contributed by atoms with E-state index < -0.39 is 0 Å². The summed E-state index contributed by atoms with van der Waals surface area (Å²) in [5.74, 6) is 3.27. The van der Waals surface area contributed by atoms with Gasteiger partial charge in [0.05, 0.1) is 6.10 Å². The molecule has 2 aliphatic carbocycles. The molecule has 0 aromatic carbocycles. The Labute approximate surface area is 106 Å². The molecular formula is C15H29NO. The van der Waals surface area contributed by atoms with Gasteiger partial charge in [0.2, 0.25) is 0 Å². The zero-order chi connectivity index (χ0) is 12.4. The molecule has 2 N–H and O–H groups in total. The van der Waals surface area contributed by atoms with Gasteiger partial charge >= 0.3 is 0 Å². The molecule has 17 heavy (non-hydrogen) atoms. The van der Waals surface area contributed by atoms with Crippen LogP contribution in [0.5, 0.6) is 0 Å². The first-order chi connectivity index (χ1) is 8.06. The van der Waals surface area contributed by atoms with Crippen LogP contribution in [-0.2, 0) is 0 Å². The highest BCUT2D eigenvalue weighted by atomic mass is 16.3. The smallest absolute Gasteiger partial charge is 0.0546 e. The van der Waals surface area contributed by atoms with Gasteiger partial charge in [0.15, 0.2) is 0 Å². The third-order valence-corrected chi connectivity index (χ3v) is 4.90. The molecule has 3 atom stereocenters. The van der Waals surface area contributed by atoms with Gasteiger partial charge in [-0.15, -0.1) is 0 Å². The maximum atomic E-state index is 9.31. The highest BCUT2D eigenvalue weighted by molar-refractivity contribution is 4.88. The van der Waals surface area contributed by atoms with Crippen LogP contribution in [0.3, 0.4) is 0 Å². The van der Waals surface area contributed by atoms with Crippen LogP contribution >= 0.6 is 0 Å². The van der Waals surface area contributed by atoms with Gasteiger partial charge < -0.3 is 10.4 Å². The van der Waals surface area contributed by atoms with Crippen LogP contribution in [-0.4, -0.2) is 23.8 Å². The molecule has 2 rings (SSSR count). The van der Waals surface area contributed by atoms with Gasteiger partial charge in [-0.2, -0.15) is 0 Å². The standard InChI is InChI=1S/C15H29NO/c1-10(2)14-5-4-11(3)6-15(14)16-9-12-7-13(17)8-12/h10-17H,4-9H2,1-3H3. The van der Waals surface area contributed by atoms with E-state index in [0.29, 0.717) is 0 Å². The van der Waals surface area contributed by atoms with Gasteiger partial charge in [0, 0.05) is 6.04 Å². The van der Waals surface area contributed by atoms with Crippen molar-refractivity contribution in [3.8, 4) is 0 Å². The molecule has 2 nitrogen and oxygen atoms in total. The van der Waals surface area contributed by atoms with Gasteiger partial charge in [-0.1, -0.05) is 27.2 Å². The summed E-state index contributed by atoms with van der Waals surface area (Å²) < 4.78 is 0. The van der Waals surface area contributed by atoms with E-state index in [1.165, 1.54) is 19.3 Å². The first-order valence-corrected chi connectivity index (χ1v) is 7.47. The fourth-order valence-electron chi connectivity index (χ4n) is 3.62. The molecule has 0 heterocycles. The normalized spacial score (nSPS) is 42.5. The third kappa shape index (κ3) is 3.45. The Balaban J connectivity index is 1.78. The Morgan fingerprint density at radius 2 is 1.88 bits per heavy atom. The predicted octanol–water partition coefficient (Wildman–Crippen LogP) is 2.81. The molecule has 0 spiro atoms. The van der Waals surface area contributed by atoms with Crippen LogP contribution in [0.1, 0.15) is 52.9 Å². The van der Waals surface area contributed by atoms with Gasteiger partial charge in [-0.25, -0.2) is 0 Å². The number of hydrogen-bond acceptors (Lipinski definition) is 2. The van der Waals surface area contributed by atoms with E-state index in [2.05, 4.69) is 26.1 Å². The topological polar surface area (TPSA) is 32.3 Å². The van der Waals surface area contributed by atoms with E-state index in [0.717, 1.165) is 49.1 Å². The summed E-state index contributed by atoms with van der Waals surface area (Å²) in [6.45, 7) is 8.24. The van der Waals surface area contributed by atoms with Crippen LogP contribution in [0.15, 0.2) is 0 Å². The van der Waals surface area contributed by atoms with Crippen LogP contribution in [0.2, 0.25) is 0 Å². The van der Waals surface area contributed by atoms with Crippen molar-refractivity contribution in [2.45, 2.75) is 65.0 Å². The second-order valence-corrected chi connectivity index (χ2v) is 6.83. The fourth-order valence-corrected chi connectivity index (χ4v) is 3.62. The maximum absolute atomic E-state index is 9.31. The van der Waals surface area contributed by atoms with Gasteiger partial charge in [0.25, 0.3) is 0 Å². The monoisotopic (exact) mass is 239 g/mol. The van der Waals surface area contributed by atoms with Crippen molar-refractivity contribution in [1.29, 1.82) is 0 Å². The molecule has 0 radical (unpaired) electrons. The van der Waals surface area contributed by atoms with E-state index >= 15 is 0 Å². The summed E-state index contributed by atoms with van der Waals surface area (Å²) >= 11 is 0. The molecule has 3 unspecified atom stereocenters. The molecule has 0 bridgehead atoms. The Kier molecular flexibility index (Phi) is 4.48. The molecule has 0 aliphatic heterocycles. The minimum absolute atomic E-state index is 0.00650. The zero-order valence-electron chi connectivity index (χ0n) is 11.7. The molecular weight excluding hydrogens is 210 g/mol. The average Bonchev–Trinajstić information content (AvgIpc) is 2.22. The van der Waals surface area contributed by atoms with Crippen molar-refractivity contribution in [3.05, 3.63) is 0 Å². The van der Waals surface area contributed by atoms with E-state index in [4.69, 9.17) is 0 Å². The van der Waals surface area contributed by atoms with Crippen LogP contribution in [0.4, 0.5) is 0 Å². The molecule has 100 valence electrons. The third-order valence-electron chi connectivity index (χ3n) is 4.90. The van der Waals surface area contributed by atoms with Crippen molar-refractivity contribution in [3.63, 3.8) is 0 Å². The largest absolute Gasteiger partial charge is 0.393 e. The Bertz CT molecular complexity index is 235. The molecule has 2 heteroatoms. The predicted molar refractivity (Wildman–Crippen MR) is 71.9 cm³/mol. The fraction of sp³-hybridized carbons (Fsp3) is 1.00. The highest BCUT2D eigenvalue weighted by Crippen LogP contribution is 2.34. The molecule has 0 saturated heterocycles. The first kappa shape index (κ1) is 13.4. The van der Waals surface area contributed by atoms with Gasteiger partial charge in [-0.05, 0) is 55.9 Å². The van der Waals surface area contributed by atoms with Crippen molar-refractivity contribution >= 4 is 0 Å². The first-order valence-electron chi connectivity index (χ1n) is 7.47. The van der Waals surface area contributed by atoms with Crippen LogP contribution in [0.25, 0.3) is 0 Å². The summed E-state index contributed by atoms with van der Waals surface area (Å²) in [6.07, 6.45) is 6.17. The zero-order valence-corrected chi connectivity index (χ0v) is 11.7. The molecule has 0 aromatic rings. The summed E-state index contributed by atoms with van der Waals surface area (Å²) in [4.78, 5) is 0. The van der Waals surface area contributed by atoms with Crippen molar-refractivity contribution in [2.24, 2.45) is 23.7 Å². The SMILES string of the molecule is CC1CCC(C(C)C)C(NCC2CC(O)C2)C1. The average molecular weight is 239 g/mol. The lowest BCUT2D eigenvalue weighted by Gasteiger charge is -2.40. The maximum Gasteiger partial charge on any atom is 0.0546 e. The van der Waals surface area contributed by atoms with Gasteiger partial charge in [0.1, 0.15) is 0 Å². The lowest BCUT2D eigenvalue weighted by Crippen LogP contribution is -2.46. The Hall–Kier alpha value is -0.0800. The molecule has 2 fully saturated rings. The number of aliphatic hydroxyl groups excluding tert-OH is 1. The van der Waals surface area contributed by atoms with E-state index in [1.807, 2.05) is 0 Å². The van der Waals surface area contributed by atoms with Crippen molar-refractivity contribution < 1.29 is 5.11 Å². The minimum Gasteiger partial charge on any atom is -0.393 e. The second-order valence-electron chi connectivity index (χ2n) is 6.83. The summed E-state index contributed by atoms with van der Waals surface area (Å²) in [5, 5.41) is 13.1. The van der Waals surface area contributed by atoms with E-state index in [1.54, 1.807) is 0 Å². The van der Waals surface area contributed by atoms with Gasteiger partial charge in [-0.3, -0.25) is 0 Å². The molecule has 2 aliphatic rings. The lowest BCUT2D eigenvalue weighted by molar-refractivity contribution is 0.0380. The van der Waals surface area contributed by atoms with E-state index in [9.17, 15) is 5.11 Å². The summed E-state index contributed by atoms with van der Waals surface area (Å²) in [7, 11) is 0. The summed E-state index contributed by atoms with van der Waals surface area (Å²) in [5.41, 5.74) is 0. The molecule has 2 saturated carbocycles. The van der Waals surface area contributed by atoms with Crippen LogP contribution in [0, 0.1) is 23.7 Å². The number of rotatable bonds is 4. The second kappa shape index (κ2) is 5.71. The van der Waals surface area contributed by atoms with Crippen molar-refractivity contribution in [1.82, 2.24) is 5.32 Å². The minimum atomic E-state index is -0.00650. The van der Waals surface area contributed by atoms with Crippen LogP contribution < -0.4 is 5.32 Å². The number of nitrogens with one attached hydrogen (secondary N) is 1. The lowest BCUT2D eigenvalue weighted by atomic mass is 9.73. The molecule has 0 aromatic heterocycles. The summed E-state index contributed by atoms with van der Waals surface area (Å²) in [6, 6.07) is 0.719.